The molecule has 1 fully saturated rings. The highest BCUT2D eigenvalue weighted by Crippen LogP contribution is 2.31. The van der Waals surface area contributed by atoms with E-state index in [1.165, 1.54) is 0 Å². The van der Waals surface area contributed by atoms with Crippen molar-refractivity contribution in [1.82, 2.24) is 25.0 Å². The average molecular weight is 441 g/mol. The highest BCUT2D eigenvalue weighted by Gasteiger charge is 2.35. The van der Waals surface area contributed by atoms with E-state index >= 15 is 0 Å². The fourth-order valence-corrected chi connectivity index (χ4v) is 4.23. The topological polar surface area (TPSA) is 100 Å². The number of phenols is 1. The molecule has 4 aromatic rings. The number of aromatic hydroxyl groups is 1. The number of phenolic OH excluding ortho intramolecular Hbond substituents is 1. The molecule has 8 nitrogen and oxygen atoms in total. The maximum Gasteiger partial charge on any atom is 0.258 e. The molecule has 0 bridgehead atoms. The van der Waals surface area contributed by atoms with Gasteiger partial charge in [0.05, 0.1) is 5.56 Å². The van der Waals surface area contributed by atoms with Crippen molar-refractivity contribution in [2.75, 3.05) is 6.54 Å². The van der Waals surface area contributed by atoms with E-state index in [-0.39, 0.29) is 23.1 Å². The van der Waals surface area contributed by atoms with Crippen LogP contribution in [0.1, 0.15) is 28.8 Å². The molecule has 1 aliphatic rings. The van der Waals surface area contributed by atoms with Gasteiger partial charge < -0.3 is 15.3 Å². The minimum atomic E-state index is -0.570. The predicted octanol–water partition coefficient (Wildman–Crippen LogP) is 3.05. The van der Waals surface area contributed by atoms with E-state index in [9.17, 15) is 14.7 Å². The molecule has 0 aliphatic carbocycles. The van der Waals surface area contributed by atoms with Crippen molar-refractivity contribution in [2.45, 2.75) is 25.4 Å². The number of carbonyl (C=O) groups excluding carboxylic acids is 2. The van der Waals surface area contributed by atoms with Gasteiger partial charge >= 0.3 is 0 Å². The number of nitrogens with one attached hydrogen (secondary N) is 1. The Hall–Kier alpha value is -4.20. The lowest BCUT2D eigenvalue weighted by molar-refractivity contribution is -0.125. The van der Waals surface area contributed by atoms with Crippen LogP contribution in [0.3, 0.4) is 0 Å². The summed E-state index contributed by atoms with van der Waals surface area (Å²) in [5.74, 6) is 0.101. The Morgan fingerprint density at radius 3 is 2.76 bits per heavy atom. The number of fused-ring (bicyclic) bond motifs is 1. The molecular formula is C25H23N5O3. The first-order valence-corrected chi connectivity index (χ1v) is 10.9. The van der Waals surface area contributed by atoms with E-state index in [1.807, 2.05) is 48.7 Å². The second-order valence-corrected chi connectivity index (χ2v) is 8.03. The molecule has 166 valence electrons. The number of carbonyl (C=O) groups is 2. The fraction of sp³-hybridized carbons (Fsp3) is 0.200. The number of hydrogen-bond acceptors (Lipinski definition) is 5. The number of hydrogen-bond donors (Lipinski definition) is 2. The molecule has 2 N–H and O–H groups in total. The quantitative estimate of drug-likeness (QED) is 0.496. The van der Waals surface area contributed by atoms with Crippen LogP contribution >= 0.6 is 0 Å². The monoisotopic (exact) mass is 441 g/mol. The lowest BCUT2D eigenvalue weighted by Gasteiger charge is -2.24. The minimum absolute atomic E-state index is 0.0486. The molecule has 2 aromatic carbocycles. The van der Waals surface area contributed by atoms with Crippen LogP contribution in [0.15, 0.2) is 73.2 Å². The molecule has 1 unspecified atom stereocenters. The third kappa shape index (κ3) is 4.03. The Bertz CT molecular complexity index is 1300. The molecule has 1 atom stereocenters. The molecule has 0 spiro atoms. The van der Waals surface area contributed by atoms with Crippen LogP contribution in [-0.2, 0) is 11.3 Å². The second-order valence-electron chi connectivity index (χ2n) is 8.03. The summed E-state index contributed by atoms with van der Waals surface area (Å²) in [4.78, 5) is 32.1. The smallest absolute Gasteiger partial charge is 0.258 e. The van der Waals surface area contributed by atoms with Gasteiger partial charge in [-0.25, -0.2) is 9.67 Å². The molecular weight excluding hydrogens is 418 g/mol. The zero-order valence-corrected chi connectivity index (χ0v) is 17.9. The van der Waals surface area contributed by atoms with Crippen LogP contribution in [0.25, 0.3) is 16.6 Å². The van der Waals surface area contributed by atoms with Crippen molar-refractivity contribution in [3.63, 3.8) is 0 Å². The van der Waals surface area contributed by atoms with Gasteiger partial charge in [-0.1, -0.05) is 36.4 Å². The van der Waals surface area contributed by atoms with Crippen molar-refractivity contribution >= 4 is 22.6 Å². The van der Waals surface area contributed by atoms with Gasteiger partial charge in [0.1, 0.15) is 11.8 Å². The number of rotatable bonds is 5. The Morgan fingerprint density at radius 2 is 1.97 bits per heavy atom. The standard InChI is InChI=1S/C25H23N5O3/c31-23-19-6-2-1-5-18(19)9-10-20(23)25(33)29-13-3-7-21(29)24(32)27-16-17-8-11-22(26-15-17)30-14-4-12-28-30/h1-2,4-6,8-12,14-15,21,31H,3,7,13,16H2,(H,27,32). The lowest BCUT2D eigenvalue weighted by Crippen LogP contribution is -2.45. The highest BCUT2D eigenvalue weighted by molar-refractivity contribution is 6.05. The maximum absolute atomic E-state index is 13.2. The molecule has 0 saturated carbocycles. The first kappa shape index (κ1) is 20.7. The first-order valence-electron chi connectivity index (χ1n) is 10.9. The lowest BCUT2D eigenvalue weighted by atomic mass is 10.0. The van der Waals surface area contributed by atoms with Crippen molar-refractivity contribution in [2.24, 2.45) is 0 Å². The van der Waals surface area contributed by atoms with E-state index in [2.05, 4.69) is 15.4 Å². The minimum Gasteiger partial charge on any atom is -0.506 e. The van der Waals surface area contributed by atoms with Gasteiger partial charge in [-0.15, -0.1) is 0 Å². The van der Waals surface area contributed by atoms with Crippen LogP contribution < -0.4 is 5.32 Å². The number of nitrogens with zero attached hydrogens (tertiary/aromatic N) is 4. The highest BCUT2D eigenvalue weighted by atomic mass is 16.3. The number of amides is 2. The summed E-state index contributed by atoms with van der Waals surface area (Å²) < 4.78 is 1.66. The summed E-state index contributed by atoms with van der Waals surface area (Å²) in [5, 5.41) is 19.2. The van der Waals surface area contributed by atoms with Crippen LogP contribution in [0.5, 0.6) is 5.75 Å². The number of pyridine rings is 1. The predicted molar refractivity (Wildman–Crippen MR) is 123 cm³/mol. The first-order chi connectivity index (χ1) is 16.1. The van der Waals surface area contributed by atoms with Gasteiger partial charge in [-0.3, -0.25) is 9.59 Å². The van der Waals surface area contributed by atoms with Gasteiger partial charge in [0, 0.05) is 37.1 Å². The largest absolute Gasteiger partial charge is 0.506 e. The van der Waals surface area contributed by atoms with Gasteiger partial charge in [-0.05, 0) is 42.0 Å². The fourth-order valence-electron chi connectivity index (χ4n) is 4.23. The number of likely N-dealkylation sites (tertiary alicyclic amines) is 1. The van der Waals surface area contributed by atoms with Crippen LogP contribution in [0.4, 0.5) is 0 Å². The van der Waals surface area contributed by atoms with Gasteiger partial charge in [0.2, 0.25) is 5.91 Å². The molecule has 1 saturated heterocycles. The van der Waals surface area contributed by atoms with E-state index < -0.39 is 6.04 Å². The third-order valence-electron chi connectivity index (χ3n) is 5.96. The van der Waals surface area contributed by atoms with Crippen LogP contribution in [-0.4, -0.2) is 49.2 Å². The summed E-state index contributed by atoms with van der Waals surface area (Å²) in [6.45, 7) is 0.786. The summed E-state index contributed by atoms with van der Waals surface area (Å²) in [6.07, 6.45) is 6.51. The zero-order valence-electron chi connectivity index (χ0n) is 17.9. The average Bonchev–Trinajstić information content (AvgIpc) is 3.56. The Morgan fingerprint density at radius 1 is 1.09 bits per heavy atom. The molecule has 8 heteroatoms. The van der Waals surface area contributed by atoms with E-state index in [1.54, 1.807) is 34.1 Å². The summed E-state index contributed by atoms with van der Waals surface area (Å²) >= 11 is 0. The summed E-state index contributed by atoms with van der Waals surface area (Å²) in [7, 11) is 0. The van der Waals surface area contributed by atoms with E-state index in [0.29, 0.717) is 30.7 Å². The van der Waals surface area contributed by atoms with E-state index in [4.69, 9.17) is 0 Å². The molecule has 5 rings (SSSR count). The van der Waals surface area contributed by atoms with Gasteiger partial charge in [0.15, 0.2) is 5.82 Å². The maximum atomic E-state index is 13.2. The van der Waals surface area contributed by atoms with E-state index in [0.717, 1.165) is 17.4 Å². The van der Waals surface area contributed by atoms with Crippen molar-refractivity contribution < 1.29 is 14.7 Å². The molecule has 3 heterocycles. The SMILES string of the molecule is O=C(NCc1ccc(-n2cccn2)nc1)C1CCCN1C(=O)c1ccc2ccccc2c1O. The Labute approximate surface area is 190 Å². The summed E-state index contributed by atoms with van der Waals surface area (Å²) in [6, 6.07) is 15.8. The Kier molecular flexibility index (Phi) is 5.48. The van der Waals surface area contributed by atoms with Crippen molar-refractivity contribution in [3.8, 4) is 11.6 Å². The van der Waals surface area contributed by atoms with Gasteiger partial charge in [0.25, 0.3) is 5.91 Å². The van der Waals surface area contributed by atoms with Gasteiger partial charge in [-0.2, -0.15) is 5.10 Å². The second kappa shape index (κ2) is 8.74. The normalized spacial score (nSPS) is 15.6. The number of aromatic nitrogens is 3. The zero-order chi connectivity index (χ0) is 22.8. The molecule has 0 radical (unpaired) electrons. The van der Waals surface area contributed by atoms with Crippen molar-refractivity contribution in [1.29, 1.82) is 0 Å². The number of benzene rings is 2. The van der Waals surface area contributed by atoms with Crippen LogP contribution in [0, 0.1) is 0 Å². The molecule has 2 aromatic heterocycles. The Balaban J connectivity index is 1.27. The third-order valence-corrected chi connectivity index (χ3v) is 5.96. The molecule has 1 aliphatic heterocycles. The molecule has 2 amide bonds. The summed E-state index contributed by atoms with van der Waals surface area (Å²) in [5.41, 5.74) is 1.06. The van der Waals surface area contributed by atoms with Crippen LogP contribution in [0.2, 0.25) is 0 Å². The van der Waals surface area contributed by atoms with Crippen molar-refractivity contribution in [3.05, 3.63) is 84.3 Å². The molecule has 33 heavy (non-hydrogen) atoms.